The van der Waals surface area contributed by atoms with Gasteiger partial charge in [-0.2, -0.15) is 5.10 Å². The van der Waals surface area contributed by atoms with Gasteiger partial charge in [-0.1, -0.05) is 53.7 Å². The summed E-state index contributed by atoms with van der Waals surface area (Å²) in [5.41, 5.74) is 1.79. The fourth-order valence-electron chi connectivity index (χ4n) is 2.76. The zero-order valence-corrected chi connectivity index (χ0v) is 16.7. The number of rotatable bonds is 6. The van der Waals surface area contributed by atoms with Crippen LogP contribution in [0.5, 0.6) is 0 Å². The van der Waals surface area contributed by atoms with Gasteiger partial charge in [0.25, 0.3) is 5.56 Å². The third kappa shape index (κ3) is 4.33. The SMILES string of the molecule is O=C(CSc1nc2[nH]ncc2c(=O)n1-c1ccccc1)NCc1ccc(Cl)cc1. The van der Waals surface area contributed by atoms with E-state index in [4.69, 9.17) is 11.6 Å². The number of fused-ring (bicyclic) bond motifs is 1. The molecular weight excluding hydrogens is 410 g/mol. The number of hydrogen-bond donors (Lipinski definition) is 2. The van der Waals surface area contributed by atoms with Crippen molar-refractivity contribution in [1.82, 2.24) is 25.1 Å². The number of para-hydroxylation sites is 1. The van der Waals surface area contributed by atoms with E-state index in [1.807, 2.05) is 42.5 Å². The summed E-state index contributed by atoms with van der Waals surface area (Å²) in [6.45, 7) is 0.398. The molecule has 0 aliphatic carbocycles. The molecule has 4 aromatic rings. The zero-order chi connectivity index (χ0) is 20.2. The first kappa shape index (κ1) is 19.2. The molecule has 0 bridgehead atoms. The van der Waals surface area contributed by atoms with Crippen molar-refractivity contribution in [2.75, 3.05) is 5.75 Å². The molecule has 2 aromatic heterocycles. The first-order valence-corrected chi connectivity index (χ1v) is 10.1. The number of nitrogens with zero attached hydrogens (tertiary/aromatic N) is 3. The molecule has 0 aliphatic heterocycles. The normalized spacial score (nSPS) is 10.9. The van der Waals surface area contributed by atoms with Crippen LogP contribution in [0.1, 0.15) is 5.56 Å². The second kappa shape index (κ2) is 8.50. The van der Waals surface area contributed by atoms with Crippen molar-refractivity contribution in [3.63, 3.8) is 0 Å². The highest BCUT2D eigenvalue weighted by Gasteiger charge is 2.15. The summed E-state index contributed by atoms with van der Waals surface area (Å²) in [5, 5.41) is 10.9. The molecule has 0 saturated heterocycles. The number of hydrogen-bond acceptors (Lipinski definition) is 5. The summed E-state index contributed by atoms with van der Waals surface area (Å²) in [4.78, 5) is 29.7. The lowest BCUT2D eigenvalue weighted by Crippen LogP contribution is -2.26. The zero-order valence-electron chi connectivity index (χ0n) is 15.1. The standard InChI is InChI=1S/C20H16ClN5O2S/c21-14-8-6-13(7-9-14)10-22-17(27)12-29-20-24-18-16(11-23-25-18)19(28)26(20)15-4-2-1-3-5-15/h1-9,11H,10,12H2,(H,22,27)(H,23,25). The number of halogens is 1. The van der Waals surface area contributed by atoms with E-state index in [2.05, 4.69) is 20.5 Å². The van der Waals surface area contributed by atoms with Gasteiger partial charge in [0.2, 0.25) is 5.91 Å². The first-order chi connectivity index (χ1) is 14.1. The van der Waals surface area contributed by atoms with Gasteiger partial charge < -0.3 is 5.32 Å². The number of nitrogens with one attached hydrogen (secondary N) is 2. The van der Waals surface area contributed by atoms with Gasteiger partial charge in [0.05, 0.1) is 17.6 Å². The molecule has 2 aromatic carbocycles. The molecule has 0 fully saturated rings. The fourth-order valence-corrected chi connectivity index (χ4v) is 3.72. The third-order valence-corrected chi connectivity index (χ3v) is 5.39. The number of thioether (sulfide) groups is 1. The Morgan fingerprint density at radius 3 is 2.66 bits per heavy atom. The summed E-state index contributed by atoms with van der Waals surface area (Å²) in [7, 11) is 0. The van der Waals surface area contributed by atoms with E-state index >= 15 is 0 Å². The van der Waals surface area contributed by atoms with Gasteiger partial charge >= 0.3 is 0 Å². The van der Waals surface area contributed by atoms with Crippen LogP contribution in [0.4, 0.5) is 0 Å². The van der Waals surface area contributed by atoms with Crippen molar-refractivity contribution in [3.8, 4) is 5.69 Å². The average Bonchev–Trinajstić information content (AvgIpc) is 3.21. The molecule has 4 rings (SSSR count). The van der Waals surface area contributed by atoms with Gasteiger partial charge in [-0.25, -0.2) is 4.98 Å². The van der Waals surface area contributed by atoms with E-state index in [9.17, 15) is 9.59 Å². The van der Waals surface area contributed by atoms with Gasteiger partial charge in [-0.05, 0) is 29.8 Å². The molecule has 146 valence electrons. The second-order valence-electron chi connectivity index (χ2n) is 6.19. The average molecular weight is 426 g/mol. The van der Waals surface area contributed by atoms with Crippen LogP contribution in [0, 0.1) is 0 Å². The Hall–Kier alpha value is -3.10. The molecule has 0 saturated carbocycles. The van der Waals surface area contributed by atoms with Gasteiger partial charge in [0.1, 0.15) is 5.39 Å². The van der Waals surface area contributed by atoms with E-state index in [1.165, 1.54) is 22.5 Å². The van der Waals surface area contributed by atoms with Crippen molar-refractivity contribution in [1.29, 1.82) is 0 Å². The van der Waals surface area contributed by atoms with Crippen LogP contribution in [-0.2, 0) is 11.3 Å². The number of carbonyl (C=O) groups is 1. The van der Waals surface area contributed by atoms with Crippen LogP contribution in [0.3, 0.4) is 0 Å². The van der Waals surface area contributed by atoms with Crippen molar-refractivity contribution < 1.29 is 4.79 Å². The van der Waals surface area contributed by atoms with Crippen LogP contribution >= 0.6 is 23.4 Å². The van der Waals surface area contributed by atoms with Crippen molar-refractivity contribution in [2.45, 2.75) is 11.7 Å². The molecule has 0 aliphatic rings. The first-order valence-electron chi connectivity index (χ1n) is 8.77. The molecule has 0 atom stereocenters. The third-order valence-electron chi connectivity index (χ3n) is 4.20. The van der Waals surface area contributed by atoms with Crippen LogP contribution in [0.2, 0.25) is 5.02 Å². The van der Waals surface area contributed by atoms with Crippen LogP contribution in [-0.4, -0.2) is 31.4 Å². The van der Waals surface area contributed by atoms with Crippen molar-refractivity contribution in [3.05, 3.63) is 81.7 Å². The molecule has 7 nitrogen and oxygen atoms in total. The predicted molar refractivity (Wildman–Crippen MR) is 114 cm³/mol. The van der Waals surface area contributed by atoms with Gasteiger partial charge in [0, 0.05) is 11.6 Å². The Morgan fingerprint density at radius 2 is 1.90 bits per heavy atom. The minimum atomic E-state index is -0.237. The highest BCUT2D eigenvalue weighted by Crippen LogP contribution is 2.20. The number of amides is 1. The topological polar surface area (TPSA) is 92.7 Å². The lowest BCUT2D eigenvalue weighted by atomic mass is 10.2. The maximum Gasteiger partial charge on any atom is 0.269 e. The second-order valence-corrected chi connectivity index (χ2v) is 7.57. The van der Waals surface area contributed by atoms with Crippen LogP contribution < -0.4 is 10.9 Å². The number of H-pyrrole nitrogens is 1. The monoisotopic (exact) mass is 425 g/mol. The molecule has 2 N–H and O–H groups in total. The van der Waals surface area contributed by atoms with E-state index in [1.54, 1.807) is 12.1 Å². The predicted octanol–water partition coefficient (Wildman–Crippen LogP) is 3.17. The molecule has 0 spiro atoms. The smallest absolute Gasteiger partial charge is 0.269 e. The lowest BCUT2D eigenvalue weighted by Gasteiger charge is -2.12. The number of aromatic nitrogens is 4. The number of benzene rings is 2. The van der Waals surface area contributed by atoms with E-state index in [0.717, 1.165) is 5.56 Å². The van der Waals surface area contributed by atoms with Crippen molar-refractivity contribution in [2.24, 2.45) is 0 Å². The van der Waals surface area contributed by atoms with E-state index in [0.29, 0.717) is 33.4 Å². The van der Waals surface area contributed by atoms with E-state index < -0.39 is 0 Å². The Labute approximate surface area is 175 Å². The molecule has 0 unspecified atom stereocenters. The summed E-state index contributed by atoms with van der Waals surface area (Å²) < 4.78 is 1.50. The Bertz CT molecular complexity index is 1210. The maximum atomic E-state index is 12.9. The fraction of sp³-hybridized carbons (Fsp3) is 0.100. The van der Waals surface area contributed by atoms with Gasteiger partial charge in [-0.15, -0.1) is 0 Å². The lowest BCUT2D eigenvalue weighted by molar-refractivity contribution is -0.118. The molecular formula is C20H16ClN5O2S. The van der Waals surface area contributed by atoms with Crippen molar-refractivity contribution >= 4 is 40.3 Å². The minimum absolute atomic E-state index is 0.118. The molecule has 1 amide bonds. The van der Waals surface area contributed by atoms with Crippen LogP contribution in [0.15, 0.2) is 70.7 Å². The number of aromatic amines is 1. The highest BCUT2D eigenvalue weighted by atomic mass is 35.5. The summed E-state index contributed by atoms with van der Waals surface area (Å²) in [5.74, 6) is -0.0458. The Balaban J connectivity index is 1.53. The summed E-state index contributed by atoms with van der Waals surface area (Å²) in [6, 6.07) is 16.5. The van der Waals surface area contributed by atoms with Gasteiger partial charge in [0.15, 0.2) is 10.8 Å². The summed E-state index contributed by atoms with van der Waals surface area (Å²) >= 11 is 7.06. The van der Waals surface area contributed by atoms with E-state index in [-0.39, 0.29) is 17.2 Å². The molecule has 0 radical (unpaired) electrons. The van der Waals surface area contributed by atoms with Gasteiger partial charge in [-0.3, -0.25) is 19.3 Å². The largest absolute Gasteiger partial charge is 0.351 e. The number of carbonyl (C=O) groups excluding carboxylic acids is 1. The molecule has 29 heavy (non-hydrogen) atoms. The quantitative estimate of drug-likeness (QED) is 0.365. The minimum Gasteiger partial charge on any atom is -0.351 e. The molecule has 2 heterocycles. The Kier molecular flexibility index (Phi) is 5.64. The summed E-state index contributed by atoms with van der Waals surface area (Å²) in [6.07, 6.45) is 1.46. The molecule has 9 heteroatoms. The maximum absolute atomic E-state index is 12.9. The highest BCUT2D eigenvalue weighted by molar-refractivity contribution is 7.99. The Morgan fingerprint density at radius 1 is 1.14 bits per heavy atom. The van der Waals surface area contributed by atoms with Crippen LogP contribution in [0.25, 0.3) is 16.7 Å².